The predicted molar refractivity (Wildman–Crippen MR) is 72.0 cm³/mol. The second kappa shape index (κ2) is 6.14. The van der Waals surface area contributed by atoms with E-state index in [4.69, 9.17) is 4.74 Å². The molecule has 2 aromatic carbocycles. The lowest BCUT2D eigenvalue weighted by molar-refractivity contribution is 0.0974. The van der Waals surface area contributed by atoms with Crippen molar-refractivity contribution in [3.8, 4) is 11.8 Å². The third-order valence-electron chi connectivity index (χ3n) is 3.03. The fourth-order valence-corrected chi connectivity index (χ4v) is 1.92. The summed E-state index contributed by atoms with van der Waals surface area (Å²) in [4.78, 5) is 12.2. The Bertz CT molecular complexity index is 705. The summed E-state index contributed by atoms with van der Waals surface area (Å²) in [5.74, 6) is -2.99. The number of hydrogen-bond donors (Lipinski definition) is 0. The molecule has 3 nitrogen and oxygen atoms in total. The number of rotatable bonds is 4. The van der Waals surface area contributed by atoms with E-state index in [0.717, 1.165) is 18.2 Å². The molecule has 2 rings (SSSR count). The van der Waals surface area contributed by atoms with Crippen molar-refractivity contribution in [2.45, 2.75) is 5.92 Å². The quantitative estimate of drug-likeness (QED) is 0.809. The topological polar surface area (TPSA) is 50.1 Å². The zero-order valence-electron chi connectivity index (χ0n) is 11.1. The highest BCUT2D eigenvalue weighted by Gasteiger charge is 2.24. The van der Waals surface area contributed by atoms with Crippen LogP contribution in [0.25, 0.3) is 0 Å². The summed E-state index contributed by atoms with van der Waals surface area (Å²) in [5.41, 5.74) is -0.0377. The van der Waals surface area contributed by atoms with Crippen molar-refractivity contribution >= 4 is 5.78 Å². The van der Waals surface area contributed by atoms with Gasteiger partial charge in [0, 0.05) is 0 Å². The molecular formula is C16H11F2NO2. The summed E-state index contributed by atoms with van der Waals surface area (Å²) in [6, 6.07) is 10.7. The molecule has 0 aliphatic carbocycles. The van der Waals surface area contributed by atoms with Crippen LogP contribution in [0.4, 0.5) is 8.78 Å². The van der Waals surface area contributed by atoms with Crippen molar-refractivity contribution in [3.05, 3.63) is 65.2 Å². The van der Waals surface area contributed by atoms with Crippen LogP contribution < -0.4 is 4.74 Å². The van der Waals surface area contributed by atoms with E-state index in [1.807, 2.05) is 6.07 Å². The number of ketones is 1. The molecule has 0 fully saturated rings. The fourth-order valence-electron chi connectivity index (χ4n) is 1.92. The zero-order chi connectivity index (χ0) is 15.4. The molecular weight excluding hydrogens is 276 g/mol. The van der Waals surface area contributed by atoms with E-state index in [0.29, 0.717) is 11.3 Å². The van der Waals surface area contributed by atoms with Gasteiger partial charge in [0.25, 0.3) is 0 Å². The first-order chi connectivity index (χ1) is 10.1. The molecule has 0 radical (unpaired) electrons. The van der Waals surface area contributed by atoms with Crippen molar-refractivity contribution in [1.29, 1.82) is 5.26 Å². The highest BCUT2D eigenvalue weighted by Crippen LogP contribution is 2.24. The molecule has 2 aromatic rings. The maximum absolute atomic E-state index is 13.6. The van der Waals surface area contributed by atoms with Gasteiger partial charge in [-0.05, 0) is 35.9 Å². The summed E-state index contributed by atoms with van der Waals surface area (Å²) in [7, 11) is 1.49. The third-order valence-corrected chi connectivity index (χ3v) is 3.03. The van der Waals surface area contributed by atoms with Gasteiger partial charge in [0.2, 0.25) is 0 Å². The van der Waals surface area contributed by atoms with E-state index in [1.165, 1.54) is 7.11 Å². The van der Waals surface area contributed by atoms with E-state index in [-0.39, 0.29) is 0 Å². The molecule has 1 unspecified atom stereocenters. The minimum Gasteiger partial charge on any atom is -0.497 e. The van der Waals surface area contributed by atoms with Crippen molar-refractivity contribution < 1.29 is 18.3 Å². The van der Waals surface area contributed by atoms with Crippen LogP contribution in [0, 0.1) is 23.0 Å². The van der Waals surface area contributed by atoms with Gasteiger partial charge in [0.05, 0.1) is 18.7 Å². The monoisotopic (exact) mass is 287 g/mol. The number of nitriles is 1. The molecule has 0 bridgehead atoms. The van der Waals surface area contributed by atoms with Crippen molar-refractivity contribution in [1.82, 2.24) is 0 Å². The van der Waals surface area contributed by atoms with Gasteiger partial charge in [-0.3, -0.25) is 4.79 Å². The van der Waals surface area contributed by atoms with Crippen LogP contribution in [0.15, 0.2) is 42.5 Å². The van der Waals surface area contributed by atoms with Crippen LogP contribution in [0.3, 0.4) is 0 Å². The molecule has 0 N–H and O–H groups in total. The standard InChI is InChI=1S/C16H11F2NO2/c1-21-12-5-2-10(3-6-12)14(9-19)16(20)13-8-11(17)4-7-15(13)18/h2-8,14H,1H3. The normalized spacial score (nSPS) is 11.5. The van der Waals surface area contributed by atoms with Crippen LogP contribution in [0.5, 0.6) is 5.75 Å². The lowest BCUT2D eigenvalue weighted by Crippen LogP contribution is -2.13. The lowest BCUT2D eigenvalue weighted by atomic mass is 9.91. The smallest absolute Gasteiger partial charge is 0.187 e. The second-order valence-corrected chi connectivity index (χ2v) is 4.32. The number of benzene rings is 2. The summed E-state index contributed by atoms with van der Waals surface area (Å²) in [6.07, 6.45) is 0. The number of carbonyl (C=O) groups excluding carboxylic acids is 1. The van der Waals surface area contributed by atoms with Gasteiger partial charge >= 0.3 is 0 Å². The van der Waals surface area contributed by atoms with Crippen LogP contribution in [0.2, 0.25) is 0 Å². The maximum Gasteiger partial charge on any atom is 0.187 e. The maximum atomic E-state index is 13.6. The largest absolute Gasteiger partial charge is 0.497 e. The third kappa shape index (κ3) is 3.06. The Morgan fingerprint density at radius 3 is 2.43 bits per heavy atom. The van der Waals surface area contributed by atoms with Crippen LogP contribution in [0.1, 0.15) is 21.8 Å². The highest BCUT2D eigenvalue weighted by atomic mass is 19.1. The molecule has 1 atom stereocenters. The molecule has 0 saturated carbocycles. The van der Waals surface area contributed by atoms with Gasteiger partial charge in [-0.25, -0.2) is 8.78 Å². The molecule has 5 heteroatoms. The molecule has 0 amide bonds. The minimum atomic E-state index is -1.20. The number of hydrogen-bond acceptors (Lipinski definition) is 3. The van der Waals surface area contributed by atoms with E-state index >= 15 is 0 Å². The number of carbonyl (C=O) groups is 1. The molecule has 0 heterocycles. The Morgan fingerprint density at radius 1 is 1.19 bits per heavy atom. The summed E-state index contributed by atoms with van der Waals surface area (Å²) >= 11 is 0. The molecule has 106 valence electrons. The van der Waals surface area contributed by atoms with Crippen LogP contribution in [-0.4, -0.2) is 12.9 Å². The SMILES string of the molecule is COc1ccc(C(C#N)C(=O)c2cc(F)ccc2F)cc1. The van der Waals surface area contributed by atoms with Crippen molar-refractivity contribution in [3.63, 3.8) is 0 Å². The first-order valence-electron chi connectivity index (χ1n) is 6.09. The van der Waals surface area contributed by atoms with Gasteiger partial charge in [0.15, 0.2) is 5.78 Å². The Balaban J connectivity index is 2.38. The first-order valence-corrected chi connectivity index (χ1v) is 6.09. The Labute approximate surface area is 120 Å². The highest BCUT2D eigenvalue weighted by molar-refractivity contribution is 6.03. The Hall–Kier alpha value is -2.74. The first kappa shape index (κ1) is 14.7. The van der Waals surface area contributed by atoms with E-state index in [2.05, 4.69) is 0 Å². The lowest BCUT2D eigenvalue weighted by Gasteiger charge is -2.10. The summed E-state index contributed by atoms with van der Waals surface area (Å²) < 4.78 is 31.8. The number of methoxy groups -OCH3 is 1. The van der Waals surface area contributed by atoms with Gasteiger partial charge in [0.1, 0.15) is 23.3 Å². The molecule has 0 aliphatic rings. The second-order valence-electron chi connectivity index (χ2n) is 4.32. The molecule has 0 aliphatic heterocycles. The van der Waals surface area contributed by atoms with E-state index < -0.39 is 28.9 Å². The minimum absolute atomic E-state index is 0.395. The van der Waals surface area contributed by atoms with Gasteiger partial charge < -0.3 is 4.74 Å². The number of Topliss-reactive ketones (excluding diaryl/α,β-unsaturated/α-hetero) is 1. The summed E-state index contributed by atoms with van der Waals surface area (Å²) in [5, 5.41) is 9.18. The van der Waals surface area contributed by atoms with E-state index in [1.54, 1.807) is 24.3 Å². The molecule has 21 heavy (non-hydrogen) atoms. The number of halogens is 2. The average molecular weight is 287 g/mol. The van der Waals surface area contributed by atoms with Gasteiger partial charge in [-0.2, -0.15) is 5.26 Å². The van der Waals surface area contributed by atoms with Gasteiger partial charge in [-0.1, -0.05) is 12.1 Å². The predicted octanol–water partition coefficient (Wildman–Crippen LogP) is 3.46. The Kier molecular flexibility index (Phi) is 4.29. The van der Waals surface area contributed by atoms with Crippen molar-refractivity contribution in [2.24, 2.45) is 0 Å². The number of nitrogens with zero attached hydrogens (tertiary/aromatic N) is 1. The zero-order valence-corrected chi connectivity index (χ0v) is 11.1. The average Bonchev–Trinajstić information content (AvgIpc) is 2.51. The molecule has 0 saturated heterocycles. The number of ether oxygens (including phenoxy) is 1. The van der Waals surface area contributed by atoms with Crippen LogP contribution in [-0.2, 0) is 0 Å². The van der Waals surface area contributed by atoms with E-state index in [9.17, 15) is 18.8 Å². The van der Waals surface area contributed by atoms with Gasteiger partial charge in [-0.15, -0.1) is 0 Å². The molecule has 0 spiro atoms. The van der Waals surface area contributed by atoms with Crippen LogP contribution >= 0.6 is 0 Å². The molecule has 0 aromatic heterocycles. The van der Waals surface area contributed by atoms with Crippen molar-refractivity contribution in [2.75, 3.05) is 7.11 Å². The summed E-state index contributed by atoms with van der Waals surface area (Å²) in [6.45, 7) is 0. The fraction of sp³-hybridized carbons (Fsp3) is 0.125. The Morgan fingerprint density at radius 2 is 1.86 bits per heavy atom.